The number of carbonyl (C=O) groups is 1. The second-order valence-electron chi connectivity index (χ2n) is 9.81. The molecule has 0 aliphatic carbocycles. The van der Waals surface area contributed by atoms with Crippen LogP contribution in [-0.4, -0.2) is 13.1 Å². The molecule has 2 aromatic carbocycles. The molecule has 0 unspecified atom stereocenters. The average Bonchev–Trinajstić information content (AvgIpc) is 2.90. The van der Waals surface area contributed by atoms with Crippen LogP contribution in [-0.2, 0) is 4.79 Å². The number of para-hydroxylation sites is 1. The molecule has 0 radical (unpaired) electrons. The molecular formula is C32H42O5. The SMILES string of the molecule is CCCCCCCCCCCCCCCC(=O)Oc1cc(-c2cc(=O)oc3ccccc23)ccc1OC. The van der Waals surface area contributed by atoms with Crippen LogP contribution in [0, 0.1) is 0 Å². The summed E-state index contributed by atoms with van der Waals surface area (Å²) in [6.07, 6.45) is 16.8. The van der Waals surface area contributed by atoms with Gasteiger partial charge < -0.3 is 13.9 Å². The number of carbonyl (C=O) groups excluding carboxylic acids is 1. The quantitative estimate of drug-likeness (QED) is 0.0791. The Morgan fingerprint density at radius 1 is 0.757 bits per heavy atom. The fraction of sp³-hybridized carbons (Fsp3) is 0.500. The van der Waals surface area contributed by atoms with E-state index < -0.39 is 5.63 Å². The third-order valence-electron chi connectivity index (χ3n) is 6.83. The molecule has 5 nitrogen and oxygen atoms in total. The highest BCUT2D eigenvalue weighted by molar-refractivity contribution is 5.93. The van der Waals surface area contributed by atoms with Gasteiger partial charge in [0.2, 0.25) is 0 Å². The molecule has 0 amide bonds. The van der Waals surface area contributed by atoms with Crippen LogP contribution < -0.4 is 15.1 Å². The van der Waals surface area contributed by atoms with Gasteiger partial charge in [0.1, 0.15) is 5.58 Å². The van der Waals surface area contributed by atoms with Crippen molar-refractivity contribution < 1.29 is 18.7 Å². The molecule has 1 heterocycles. The summed E-state index contributed by atoms with van der Waals surface area (Å²) in [6, 6.07) is 14.2. The molecule has 0 N–H and O–H groups in total. The zero-order chi connectivity index (χ0) is 26.3. The first-order chi connectivity index (χ1) is 18.1. The minimum absolute atomic E-state index is 0.268. The third kappa shape index (κ3) is 9.38. The number of benzene rings is 2. The molecular weight excluding hydrogens is 464 g/mol. The lowest BCUT2D eigenvalue weighted by Crippen LogP contribution is -2.08. The summed E-state index contributed by atoms with van der Waals surface area (Å²) in [4.78, 5) is 24.6. The van der Waals surface area contributed by atoms with Crippen LogP contribution in [0.1, 0.15) is 96.8 Å². The topological polar surface area (TPSA) is 65.7 Å². The lowest BCUT2D eigenvalue weighted by Gasteiger charge is -2.12. The first kappa shape index (κ1) is 28.5. The zero-order valence-corrected chi connectivity index (χ0v) is 22.6. The lowest BCUT2D eigenvalue weighted by atomic mass is 10.0. The number of esters is 1. The molecule has 0 bridgehead atoms. The Hall–Kier alpha value is -3.08. The number of methoxy groups -OCH3 is 1. The summed E-state index contributed by atoms with van der Waals surface area (Å²) in [5.74, 6) is 0.572. The van der Waals surface area contributed by atoms with E-state index >= 15 is 0 Å². The number of fused-ring (bicyclic) bond motifs is 1. The Balaban J connectivity index is 1.43. The van der Waals surface area contributed by atoms with Crippen molar-refractivity contribution in [3.63, 3.8) is 0 Å². The van der Waals surface area contributed by atoms with E-state index in [2.05, 4.69) is 6.92 Å². The fourth-order valence-corrected chi connectivity index (χ4v) is 4.74. The van der Waals surface area contributed by atoms with Gasteiger partial charge >= 0.3 is 11.6 Å². The van der Waals surface area contributed by atoms with E-state index in [1.807, 2.05) is 24.3 Å². The van der Waals surface area contributed by atoms with Crippen molar-refractivity contribution in [2.24, 2.45) is 0 Å². The van der Waals surface area contributed by atoms with Crippen LogP contribution in [0.2, 0.25) is 0 Å². The molecule has 37 heavy (non-hydrogen) atoms. The molecule has 3 aromatic rings. The Morgan fingerprint density at radius 2 is 1.38 bits per heavy atom. The summed E-state index contributed by atoms with van der Waals surface area (Å²) >= 11 is 0. The van der Waals surface area contributed by atoms with Crippen molar-refractivity contribution in [1.29, 1.82) is 0 Å². The van der Waals surface area contributed by atoms with E-state index in [4.69, 9.17) is 13.9 Å². The van der Waals surface area contributed by atoms with Crippen molar-refractivity contribution in [1.82, 2.24) is 0 Å². The molecule has 0 fully saturated rings. The van der Waals surface area contributed by atoms with E-state index in [1.165, 1.54) is 70.3 Å². The van der Waals surface area contributed by atoms with E-state index in [0.29, 0.717) is 23.5 Å². The number of hydrogen-bond acceptors (Lipinski definition) is 5. The molecule has 0 atom stereocenters. The van der Waals surface area contributed by atoms with Crippen LogP contribution in [0.3, 0.4) is 0 Å². The van der Waals surface area contributed by atoms with Crippen molar-refractivity contribution in [2.75, 3.05) is 7.11 Å². The van der Waals surface area contributed by atoms with Crippen molar-refractivity contribution in [3.05, 3.63) is 59.0 Å². The average molecular weight is 507 g/mol. The smallest absolute Gasteiger partial charge is 0.336 e. The van der Waals surface area contributed by atoms with Crippen LogP contribution >= 0.6 is 0 Å². The monoisotopic (exact) mass is 506 g/mol. The van der Waals surface area contributed by atoms with Gasteiger partial charge in [-0.25, -0.2) is 4.79 Å². The first-order valence-electron chi connectivity index (χ1n) is 14.0. The van der Waals surface area contributed by atoms with Crippen molar-refractivity contribution >= 4 is 16.9 Å². The van der Waals surface area contributed by atoms with Gasteiger partial charge in [-0.05, 0) is 35.7 Å². The summed E-state index contributed by atoms with van der Waals surface area (Å²) in [7, 11) is 1.55. The molecule has 0 aliphatic rings. The highest BCUT2D eigenvalue weighted by Crippen LogP contribution is 2.35. The third-order valence-corrected chi connectivity index (χ3v) is 6.83. The number of hydrogen-bond donors (Lipinski definition) is 0. The second kappa shape index (κ2) is 15.9. The Labute approximate surface area is 221 Å². The van der Waals surface area contributed by atoms with Gasteiger partial charge in [-0.15, -0.1) is 0 Å². The van der Waals surface area contributed by atoms with Gasteiger partial charge in [0, 0.05) is 17.9 Å². The largest absolute Gasteiger partial charge is 0.493 e. The van der Waals surface area contributed by atoms with E-state index in [0.717, 1.165) is 35.8 Å². The highest BCUT2D eigenvalue weighted by Gasteiger charge is 2.14. The molecule has 1 aromatic heterocycles. The van der Waals surface area contributed by atoms with Crippen molar-refractivity contribution in [3.8, 4) is 22.6 Å². The zero-order valence-electron chi connectivity index (χ0n) is 22.6. The van der Waals surface area contributed by atoms with Gasteiger partial charge in [0.25, 0.3) is 0 Å². The summed E-state index contributed by atoms with van der Waals surface area (Å²) in [5, 5.41) is 0.816. The lowest BCUT2D eigenvalue weighted by molar-refractivity contribution is -0.134. The Morgan fingerprint density at radius 3 is 2.03 bits per heavy atom. The van der Waals surface area contributed by atoms with E-state index in [-0.39, 0.29) is 5.97 Å². The Bertz CT molecular complexity index is 1160. The van der Waals surface area contributed by atoms with Crippen LogP contribution in [0.5, 0.6) is 11.5 Å². The number of unbranched alkanes of at least 4 members (excludes halogenated alkanes) is 12. The van der Waals surface area contributed by atoms with Gasteiger partial charge in [0.05, 0.1) is 7.11 Å². The Kier molecular flexibility index (Phi) is 12.2. The molecule has 5 heteroatoms. The number of ether oxygens (including phenoxy) is 2. The first-order valence-corrected chi connectivity index (χ1v) is 14.0. The van der Waals surface area contributed by atoms with Crippen LogP contribution in [0.4, 0.5) is 0 Å². The minimum Gasteiger partial charge on any atom is -0.493 e. The summed E-state index contributed by atoms with van der Waals surface area (Å²) in [5.41, 5.74) is 1.57. The summed E-state index contributed by atoms with van der Waals surface area (Å²) < 4.78 is 16.4. The number of rotatable bonds is 17. The highest BCUT2D eigenvalue weighted by atomic mass is 16.6. The van der Waals surface area contributed by atoms with Gasteiger partial charge in [0.15, 0.2) is 11.5 Å². The van der Waals surface area contributed by atoms with E-state index in [1.54, 1.807) is 25.3 Å². The molecule has 0 saturated heterocycles. The van der Waals surface area contributed by atoms with Crippen molar-refractivity contribution in [2.45, 2.75) is 96.8 Å². The maximum atomic E-state index is 12.6. The molecule has 3 rings (SSSR count). The maximum Gasteiger partial charge on any atom is 0.336 e. The predicted octanol–water partition coefficient (Wildman–Crippen LogP) is 8.86. The normalized spacial score (nSPS) is 11.1. The van der Waals surface area contributed by atoms with Crippen LogP contribution in [0.15, 0.2) is 57.7 Å². The van der Waals surface area contributed by atoms with Gasteiger partial charge in [-0.2, -0.15) is 0 Å². The second-order valence-corrected chi connectivity index (χ2v) is 9.81. The van der Waals surface area contributed by atoms with E-state index in [9.17, 15) is 9.59 Å². The minimum atomic E-state index is -0.425. The molecule has 0 aliphatic heterocycles. The van der Waals surface area contributed by atoms with Gasteiger partial charge in [-0.3, -0.25) is 4.79 Å². The maximum absolute atomic E-state index is 12.6. The fourth-order valence-electron chi connectivity index (χ4n) is 4.74. The van der Waals surface area contributed by atoms with Gasteiger partial charge in [-0.1, -0.05) is 108 Å². The molecule has 0 saturated carbocycles. The predicted molar refractivity (Wildman–Crippen MR) is 150 cm³/mol. The molecule has 0 spiro atoms. The van der Waals surface area contributed by atoms with Crippen LogP contribution in [0.25, 0.3) is 22.1 Å². The molecule has 200 valence electrons. The standard InChI is InChI=1S/C32H42O5/c1-3-4-5-6-7-8-9-10-11-12-13-14-15-20-31(33)37-30-23-25(21-22-29(30)35-2)27-24-32(34)36-28-19-17-16-18-26(27)28/h16-19,21-24H,3-15,20H2,1-2H3. The summed E-state index contributed by atoms with van der Waals surface area (Å²) in [6.45, 7) is 2.26.